The van der Waals surface area contributed by atoms with Gasteiger partial charge in [-0.2, -0.15) is 0 Å². The predicted octanol–water partition coefficient (Wildman–Crippen LogP) is 4.36. The Morgan fingerprint density at radius 1 is 0.929 bits per heavy atom. The highest BCUT2D eigenvalue weighted by Gasteiger charge is 2.39. The zero-order valence-corrected chi connectivity index (χ0v) is 18.3. The van der Waals surface area contributed by atoms with Gasteiger partial charge in [-0.25, -0.2) is 0 Å². The summed E-state index contributed by atoms with van der Waals surface area (Å²) in [5.41, 5.74) is -0.0409. The van der Waals surface area contributed by atoms with Gasteiger partial charge in [0.1, 0.15) is 6.10 Å². The highest BCUT2D eigenvalue weighted by Crippen LogP contribution is 2.35. The molecule has 3 nitrogen and oxygen atoms in total. The number of nitrogens with one attached hydrogen (secondary N) is 1. The number of rotatable bonds is 6. The number of esters is 1. The second-order valence-corrected chi connectivity index (χ2v) is 11.3. The third-order valence-corrected chi connectivity index (χ3v) is 7.64. The molecular weight excluding hydrogens is 365 g/mol. The summed E-state index contributed by atoms with van der Waals surface area (Å²) in [6.07, 6.45) is 2.97. The van der Waals surface area contributed by atoms with Crippen LogP contribution in [0.1, 0.15) is 47.0 Å². The summed E-state index contributed by atoms with van der Waals surface area (Å²) in [6, 6.07) is 21.0. The van der Waals surface area contributed by atoms with Gasteiger partial charge in [0, 0.05) is 23.9 Å². The van der Waals surface area contributed by atoms with Crippen LogP contribution in [0.4, 0.5) is 0 Å². The van der Waals surface area contributed by atoms with Crippen molar-refractivity contribution in [3.8, 4) is 0 Å². The van der Waals surface area contributed by atoms with E-state index >= 15 is 0 Å². The summed E-state index contributed by atoms with van der Waals surface area (Å²) in [4.78, 5) is 12.7. The maximum Gasteiger partial charge on any atom is 0.306 e. The van der Waals surface area contributed by atoms with E-state index in [2.05, 4.69) is 81.5 Å². The lowest BCUT2D eigenvalue weighted by molar-refractivity contribution is -0.152. The smallest absolute Gasteiger partial charge is 0.306 e. The standard InChI is InChI=1S/C24H32NO2P/c1-23(2)17-19(18-24(3,4)25-23)27-22(26)15-16-28(20-11-7-5-8-12-20)21-13-9-6-10-14-21/h5-14,19,25H,15-18H2,1-4H3. The molecule has 1 aliphatic rings. The molecule has 0 atom stereocenters. The topological polar surface area (TPSA) is 38.3 Å². The molecule has 2 aromatic rings. The third-order valence-electron chi connectivity index (χ3n) is 5.13. The Hall–Kier alpha value is -1.70. The molecule has 1 saturated heterocycles. The minimum absolute atomic E-state index is 0.0153. The minimum atomic E-state index is -0.558. The zero-order valence-electron chi connectivity index (χ0n) is 17.4. The van der Waals surface area contributed by atoms with Gasteiger partial charge in [0.25, 0.3) is 0 Å². The number of hydrogen-bond acceptors (Lipinski definition) is 3. The highest BCUT2D eigenvalue weighted by atomic mass is 31.1. The van der Waals surface area contributed by atoms with Crippen LogP contribution in [0.5, 0.6) is 0 Å². The average molecular weight is 397 g/mol. The molecule has 0 radical (unpaired) electrons. The van der Waals surface area contributed by atoms with Gasteiger partial charge in [-0.15, -0.1) is 0 Å². The van der Waals surface area contributed by atoms with Crippen LogP contribution in [-0.4, -0.2) is 29.3 Å². The van der Waals surface area contributed by atoms with E-state index in [4.69, 9.17) is 4.74 Å². The molecule has 0 aromatic heterocycles. The van der Waals surface area contributed by atoms with Crippen LogP contribution >= 0.6 is 7.92 Å². The molecule has 1 N–H and O–H groups in total. The molecule has 0 saturated carbocycles. The summed E-state index contributed by atoms with van der Waals surface area (Å²) < 4.78 is 5.92. The molecule has 1 aliphatic heterocycles. The number of carbonyl (C=O) groups excluding carboxylic acids is 1. The van der Waals surface area contributed by atoms with Gasteiger partial charge >= 0.3 is 5.97 Å². The van der Waals surface area contributed by atoms with Crippen LogP contribution in [-0.2, 0) is 9.53 Å². The molecule has 0 unspecified atom stereocenters. The first-order valence-electron chi connectivity index (χ1n) is 10.1. The van der Waals surface area contributed by atoms with Crippen LogP contribution in [0, 0.1) is 0 Å². The van der Waals surface area contributed by atoms with E-state index in [9.17, 15) is 4.79 Å². The second kappa shape index (κ2) is 8.76. The molecule has 0 spiro atoms. The van der Waals surface area contributed by atoms with Gasteiger partial charge in [-0.05, 0) is 52.4 Å². The molecule has 1 fully saturated rings. The maximum atomic E-state index is 12.7. The van der Waals surface area contributed by atoms with Gasteiger partial charge in [-0.1, -0.05) is 60.7 Å². The molecule has 3 rings (SSSR count). The molecule has 0 bridgehead atoms. The first-order chi connectivity index (χ1) is 13.2. The average Bonchev–Trinajstić information content (AvgIpc) is 2.61. The number of ether oxygens (including phenoxy) is 1. The molecule has 0 aliphatic carbocycles. The van der Waals surface area contributed by atoms with Crippen molar-refractivity contribution in [2.75, 3.05) is 6.16 Å². The number of benzene rings is 2. The van der Waals surface area contributed by atoms with Crippen LogP contribution in [0.3, 0.4) is 0 Å². The lowest BCUT2D eigenvalue weighted by atomic mass is 9.81. The number of carbonyl (C=O) groups is 1. The Morgan fingerprint density at radius 3 is 1.86 bits per heavy atom. The molecule has 4 heteroatoms. The molecule has 2 aromatic carbocycles. The molecule has 28 heavy (non-hydrogen) atoms. The quantitative estimate of drug-likeness (QED) is 0.581. The van der Waals surface area contributed by atoms with E-state index in [0.717, 1.165) is 19.0 Å². The van der Waals surface area contributed by atoms with E-state index in [1.54, 1.807) is 0 Å². The first-order valence-corrected chi connectivity index (χ1v) is 11.6. The van der Waals surface area contributed by atoms with E-state index < -0.39 is 7.92 Å². The van der Waals surface area contributed by atoms with Gasteiger partial charge in [0.2, 0.25) is 0 Å². The second-order valence-electron chi connectivity index (χ2n) is 8.99. The monoisotopic (exact) mass is 397 g/mol. The van der Waals surface area contributed by atoms with Gasteiger partial charge in [0.15, 0.2) is 0 Å². The van der Waals surface area contributed by atoms with Crippen LogP contribution in [0.15, 0.2) is 60.7 Å². The largest absolute Gasteiger partial charge is 0.462 e. The van der Waals surface area contributed by atoms with Crippen molar-refractivity contribution in [1.82, 2.24) is 5.32 Å². The molecule has 0 amide bonds. The fourth-order valence-corrected chi connectivity index (χ4v) is 6.67. The summed E-state index contributed by atoms with van der Waals surface area (Å²) in [7, 11) is -0.558. The zero-order chi connectivity index (χ0) is 20.2. The van der Waals surface area contributed by atoms with Crippen molar-refractivity contribution in [2.24, 2.45) is 0 Å². The Bertz CT molecular complexity index is 718. The lowest BCUT2D eigenvalue weighted by Crippen LogP contribution is -2.59. The van der Waals surface area contributed by atoms with Crippen molar-refractivity contribution in [3.63, 3.8) is 0 Å². The lowest BCUT2D eigenvalue weighted by Gasteiger charge is -2.45. The maximum absolute atomic E-state index is 12.7. The third kappa shape index (κ3) is 5.90. The van der Waals surface area contributed by atoms with E-state index in [-0.39, 0.29) is 23.2 Å². The van der Waals surface area contributed by atoms with Crippen molar-refractivity contribution in [3.05, 3.63) is 60.7 Å². The van der Waals surface area contributed by atoms with Crippen molar-refractivity contribution < 1.29 is 9.53 Å². The van der Waals surface area contributed by atoms with Gasteiger partial charge in [0.05, 0.1) is 6.42 Å². The number of hydrogen-bond donors (Lipinski definition) is 1. The fraction of sp³-hybridized carbons (Fsp3) is 0.458. The Balaban J connectivity index is 1.64. The highest BCUT2D eigenvalue weighted by molar-refractivity contribution is 7.73. The molecular formula is C24H32NO2P. The van der Waals surface area contributed by atoms with Crippen LogP contribution < -0.4 is 15.9 Å². The normalized spacial score (nSPS) is 18.8. The van der Waals surface area contributed by atoms with Crippen molar-refractivity contribution in [1.29, 1.82) is 0 Å². The summed E-state index contributed by atoms with van der Waals surface area (Å²) >= 11 is 0. The Kier molecular flexibility index (Phi) is 6.58. The van der Waals surface area contributed by atoms with Crippen molar-refractivity contribution in [2.45, 2.75) is 64.1 Å². The molecule has 150 valence electrons. The van der Waals surface area contributed by atoms with Crippen LogP contribution in [0.2, 0.25) is 0 Å². The van der Waals surface area contributed by atoms with Crippen LogP contribution in [0.25, 0.3) is 0 Å². The van der Waals surface area contributed by atoms with Crippen molar-refractivity contribution >= 4 is 24.5 Å². The first kappa shape index (κ1) is 21.0. The van der Waals surface area contributed by atoms with E-state index in [0.29, 0.717) is 6.42 Å². The summed E-state index contributed by atoms with van der Waals surface area (Å²) in [5.74, 6) is -0.0714. The minimum Gasteiger partial charge on any atom is -0.462 e. The Labute approximate surface area is 170 Å². The predicted molar refractivity (Wildman–Crippen MR) is 119 cm³/mol. The SMILES string of the molecule is CC1(C)CC(OC(=O)CCP(c2ccccc2)c2ccccc2)CC(C)(C)N1. The Morgan fingerprint density at radius 2 is 1.39 bits per heavy atom. The van der Waals surface area contributed by atoms with Gasteiger partial charge in [-0.3, -0.25) is 4.79 Å². The number of piperidine rings is 1. The van der Waals surface area contributed by atoms with Gasteiger partial charge < -0.3 is 10.1 Å². The van der Waals surface area contributed by atoms with E-state index in [1.807, 2.05) is 12.1 Å². The van der Waals surface area contributed by atoms with E-state index in [1.165, 1.54) is 10.6 Å². The summed E-state index contributed by atoms with van der Waals surface area (Å²) in [6.45, 7) is 8.72. The molecule has 1 heterocycles. The summed E-state index contributed by atoms with van der Waals surface area (Å²) in [5, 5.41) is 6.25. The fourth-order valence-electron chi connectivity index (χ4n) is 4.38.